The number of ether oxygens (including phenoxy) is 1. The molecule has 0 radical (unpaired) electrons. The summed E-state index contributed by atoms with van der Waals surface area (Å²) in [6, 6.07) is 7.10. The molecule has 0 aliphatic carbocycles. The van der Waals surface area contributed by atoms with Crippen LogP contribution in [0, 0.1) is 17.8 Å². The van der Waals surface area contributed by atoms with Crippen molar-refractivity contribution in [2.24, 2.45) is 5.92 Å². The van der Waals surface area contributed by atoms with E-state index >= 15 is 0 Å². The van der Waals surface area contributed by atoms with Crippen molar-refractivity contribution in [3.8, 4) is 17.6 Å². The average molecular weight is 502 g/mol. The van der Waals surface area contributed by atoms with E-state index in [1.54, 1.807) is 44.6 Å². The van der Waals surface area contributed by atoms with E-state index in [4.69, 9.17) is 4.74 Å². The van der Waals surface area contributed by atoms with E-state index in [0.29, 0.717) is 11.1 Å². The Kier molecular flexibility index (Phi) is 8.51. The normalized spacial score (nSPS) is 21.2. The molecule has 1 aromatic carbocycles. The number of aliphatic hydroxyl groups excluding tert-OH is 2. The van der Waals surface area contributed by atoms with E-state index in [1.807, 2.05) is 6.92 Å². The summed E-state index contributed by atoms with van der Waals surface area (Å²) in [6.07, 6.45) is 1.69. The van der Waals surface area contributed by atoms with Gasteiger partial charge in [-0.2, -0.15) is 4.31 Å². The minimum atomic E-state index is -3.98. The largest absolute Gasteiger partial charge is 0.487 e. The number of hydrogen-bond acceptors (Lipinski definition) is 7. The zero-order chi connectivity index (χ0) is 25.8. The number of likely N-dealkylation sites (N-methyl/N-ethyl adjacent to an activating group) is 1. The van der Waals surface area contributed by atoms with Gasteiger partial charge in [0, 0.05) is 49.1 Å². The Morgan fingerprint density at radius 3 is 2.60 bits per heavy atom. The highest BCUT2D eigenvalue weighted by Gasteiger charge is 2.38. The number of nitrogens with zero attached hydrogens (tertiary/aromatic N) is 3. The van der Waals surface area contributed by atoms with Crippen molar-refractivity contribution in [2.45, 2.75) is 43.9 Å². The highest BCUT2D eigenvalue weighted by atomic mass is 32.2. The molecule has 4 atom stereocenters. The van der Waals surface area contributed by atoms with Crippen LogP contribution < -0.4 is 4.74 Å². The lowest BCUT2D eigenvalue weighted by molar-refractivity contribution is 0.0563. The van der Waals surface area contributed by atoms with Gasteiger partial charge in [-0.05, 0) is 44.2 Å². The maximum Gasteiger partial charge on any atom is 0.253 e. The molecule has 0 saturated carbocycles. The molecule has 0 saturated heterocycles. The summed E-state index contributed by atoms with van der Waals surface area (Å²) in [4.78, 5) is 18.3. The van der Waals surface area contributed by atoms with E-state index in [9.17, 15) is 23.4 Å². The van der Waals surface area contributed by atoms with Crippen LogP contribution in [0.3, 0.4) is 0 Å². The monoisotopic (exact) mass is 501 g/mol. The Labute approximate surface area is 206 Å². The molecule has 10 heteroatoms. The predicted molar refractivity (Wildman–Crippen MR) is 130 cm³/mol. The fraction of sp³-hybridized carbons (Fsp3) is 0.440. The Morgan fingerprint density at radius 2 is 1.97 bits per heavy atom. The predicted octanol–water partition coefficient (Wildman–Crippen LogP) is 1.35. The van der Waals surface area contributed by atoms with Crippen LogP contribution in [-0.4, -0.2) is 83.7 Å². The average Bonchev–Trinajstić information content (AvgIpc) is 2.84. The van der Waals surface area contributed by atoms with Gasteiger partial charge in [0.25, 0.3) is 5.91 Å². The van der Waals surface area contributed by atoms with Crippen molar-refractivity contribution >= 4 is 15.9 Å². The lowest BCUT2D eigenvalue weighted by Crippen LogP contribution is -2.50. The molecule has 0 fully saturated rings. The second-order valence-corrected chi connectivity index (χ2v) is 10.6. The molecule has 9 nitrogen and oxygen atoms in total. The van der Waals surface area contributed by atoms with Gasteiger partial charge in [-0.15, -0.1) is 0 Å². The second kappa shape index (κ2) is 11.2. The highest BCUT2D eigenvalue weighted by Crippen LogP contribution is 2.34. The molecule has 1 aromatic heterocycles. The number of fused-ring (bicyclic) bond motifs is 1. The maximum absolute atomic E-state index is 13.5. The van der Waals surface area contributed by atoms with Gasteiger partial charge in [-0.1, -0.05) is 18.8 Å². The molecule has 35 heavy (non-hydrogen) atoms. The Bertz CT molecular complexity index is 1210. The van der Waals surface area contributed by atoms with E-state index in [-0.39, 0.29) is 42.2 Å². The lowest BCUT2D eigenvalue weighted by atomic mass is 10.0. The van der Waals surface area contributed by atoms with Gasteiger partial charge in [0.2, 0.25) is 10.0 Å². The third-order valence-corrected chi connectivity index (χ3v) is 7.84. The summed E-state index contributed by atoms with van der Waals surface area (Å²) in [7, 11) is -2.32. The molecule has 0 unspecified atom stereocenters. The Morgan fingerprint density at radius 1 is 1.29 bits per heavy atom. The van der Waals surface area contributed by atoms with Crippen LogP contribution in [0.25, 0.3) is 0 Å². The number of carbonyl (C=O) groups is 1. The summed E-state index contributed by atoms with van der Waals surface area (Å²) in [6.45, 7) is 4.99. The molecule has 2 aromatic rings. The van der Waals surface area contributed by atoms with Crippen molar-refractivity contribution in [1.29, 1.82) is 0 Å². The SMILES string of the molecule is C[C@H](O)C#Cc1ccc2c(c1)O[C@@H](CN(C)C(=O)c1ccncc1)[C@@H](C)CN([C@@H](C)CO)S2(=O)=O. The number of amides is 1. The van der Waals surface area contributed by atoms with Crippen molar-refractivity contribution in [2.75, 3.05) is 26.7 Å². The van der Waals surface area contributed by atoms with Crippen LogP contribution >= 0.6 is 0 Å². The van der Waals surface area contributed by atoms with Crippen molar-refractivity contribution < 1.29 is 28.2 Å². The molecule has 2 N–H and O–H groups in total. The molecule has 0 spiro atoms. The zero-order valence-corrected chi connectivity index (χ0v) is 21.1. The minimum absolute atomic E-state index is 0.0413. The first-order valence-corrected chi connectivity index (χ1v) is 12.8. The molecule has 1 amide bonds. The molecule has 188 valence electrons. The number of aliphatic hydroxyl groups is 2. The number of carbonyl (C=O) groups excluding carboxylic acids is 1. The standard InChI is InChI=1S/C25H31N3O6S/c1-17-14-28(18(2)16-29)35(32,33)24-8-7-20(6-5-19(3)30)13-22(24)34-23(17)15-27(4)25(31)21-9-11-26-12-10-21/h7-13,17-19,23,29-30H,14-16H2,1-4H3/t17-,18-,19-,23-/m0/s1. The fourth-order valence-electron chi connectivity index (χ4n) is 3.78. The van der Waals surface area contributed by atoms with Gasteiger partial charge in [0.05, 0.1) is 13.2 Å². The third-order valence-electron chi connectivity index (χ3n) is 5.82. The third kappa shape index (κ3) is 6.18. The van der Waals surface area contributed by atoms with Crippen molar-refractivity contribution in [3.05, 3.63) is 53.9 Å². The summed E-state index contributed by atoms with van der Waals surface area (Å²) in [5.74, 6) is 5.03. The first kappa shape index (κ1) is 26.6. The molecule has 3 rings (SSSR count). The Balaban J connectivity index is 2.02. The van der Waals surface area contributed by atoms with E-state index in [0.717, 1.165) is 0 Å². The first-order chi connectivity index (χ1) is 16.5. The van der Waals surface area contributed by atoms with E-state index in [2.05, 4.69) is 16.8 Å². The topological polar surface area (TPSA) is 120 Å². The van der Waals surface area contributed by atoms with Crippen LogP contribution in [0.1, 0.15) is 36.7 Å². The van der Waals surface area contributed by atoms with Gasteiger partial charge in [-0.25, -0.2) is 8.42 Å². The number of aromatic nitrogens is 1. The van der Waals surface area contributed by atoms with Gasteiger partial charge in [0.15, 0.2) is 0 Å². The minimum Gasteiger partial charge on any atom is -0.487 e. The second-order valence-electron chi connectivity index (χ2n) is 8.77. The molecule has 1 aliphatic heterocycles. The van der Waals surface area contributed by atoms with Gasteiger partial charge in [-0.3, -0.25) is 9.78 Å². The van der Waals surface area contributed by atoms with Gasteiger partial charge >= 0.3 is 0 Å². The number of rotatable bonds is 5. The molecule has 0 bridgehead atoms. The highest BCUT2D eigenvalue weighted by molar-refractivity contribution is 7.89. The molecule has 1 aliphatic rings. The number of benzene rings is 1. The lowest BCUT2D eigenvalue weighted by Gasteiger charge is -2.37. The smallest absolute Gasteiger partial charge is 0.253 e. The quantitative estimate of drug-likeness (QED) is 0.594. The number of sulfonamides is 1. The summed E-state index contributed by atoms with van der Waals surface area (Å²) in [5, 5.41) is 19.2. The van der Waals surface area contributed by atoms with Crippen LogP contribution in [0.15, 0.2) is 47.6 Å². The molecular weight excluding hydrogens is 470 g/mol. The van der Waals surface area contributed by atoms with Crippen LogP contribution in [-0.2, 0) is 10.0 Å². The van der Waals surface area contributed by atoms with Crippen molar-refractivity contribution in [1.82, 2.24) is 14.2 Å². The summed E-state index contributed by atoms with van der Waals surface area (Å²) >= 11 is 0. The molecular formula is C25H31N3O6S. The first-order valence-electron chi connectivity index (χ1n) is 11.3. The Hall–Kier alpha value is -2.97. The van der Waals surface area contributed by atoms with E-state index < -0.39 is 28.3 Å². The van der Waals surface area contributed by atoms with Crippen molar-refractivity contribution in [3.63, 3.8) is 0 Å². The maximum atomic E-state index is 13.5. The van der Waals surface area contributed by atoms with Crippen LogP contribution in [0.2, 0.25) is 0 Å². The van der Waals surface area contributed by atoms with Crippen LogP contribution in [0.4, 0.5) is 0 Å². The van der Waals surface area contributed by atoms with Crippen LogP contribution in [0.5, 0.6) is 5.75 Å². The van der Waals surface area contributed by atoms with Gasteiger partial charge < -0.3 is 19.8 Å². The summed E-state index contributed by atoms with van der Waals surface area (Å²) < 4.78 is 34.5. The van der Waals surface area contributed by atoms with E-state index in [1.165, 1.54) is 28.3 Å². The zero-order valence-electron chi connectivity index (χ0n) is 20.2. The number of hydrogen-bond donors (Lipinski definition) is 2. The fourth-order valence-corrected chi connectivity index (χ4v) is 5.60. The molecule has 2 heterocycles. The number of pyridine rings is 1. The summed E-state index contributed by atoms with van der Waals surface area (Å²) in [5.41, 5.74) is 0.963. The van der Waals surface area contributed by atoms with Gasteiger partial charge in [0.1, 0.15) is 22.9 Å².